The van der Waals surface area contributed by atoms with E-state index in [1.807, 2.05) is 34.6 Å². The Morgan fingerprint density at radius 3 is 2.06 bits per heavy atom. The standard InChI is InChI=1S/C18H30N2O5S.C8H18/c1-8-24-16(22)12-10-26-15(19-12)14(21)9-13(11(2)3)20(7)17(23)25-18(4,5)6;1-7(2)6-8(3,4)5/h10-11,13-14,21H,8-9H2,1-7H3;7H,6H2,1-5H3. The Balaban J connectivity index is 0.00000116. The Bertz CT molecular complexity index is 747. The molecule has 0 aliphatic heterocycles. The largest absolute Gasteiger partial charge is 0.461 e. The highest BCUT2D eigenvalue weighted by Gasteiger charge is 2.30. The van der Waals surface area contributed by atoms with Crippen molar-refractivity contribution < 1.29 is 24.2 Å². The van der Waals surface area contributed by atoms with E-state index in [2.05, 4.69) is 39.6 Å². The van der Waals surface area contributed by atoms with E-state index in [0.717, 1.165) is 5.92 Å². The van der Waals surface area contributed by atoms with Gasteiger partial charge in [-0.15, -0.1) is 11.3 Å². The van der Waals surface area contributed by atoms with Gasteiger partial charge < -0.3 is 19.5 Å². The molecule has 1 aromatic heterocycles. The molecule has 0 saturated carbocycles. The van der Waals surface area contributed by atoms with Crippen LogP contribution in [-0.4, -0.2) is 52.4 Å². The lowest BCUT2D eigenvalue weighted by Gasteiger charge is -2.34. The van der Waals surface area contributed by atoms with Crippen molar-refractivity contribution in [3.05, 3.63) is 16.1 Å². The van der Waals surface area contributed by atoms with Crippen molar-refractivity contribution in [3.63, 3.8) is 0 Å². The second-order valence-electron chi connectivity index (χ2n) is 11.6. The molecule has 1 heterocycles. The molecule has 0 saturated heterocycles. The molecular formula is C26H48N2O5S. The van der Waals surface area contributed by atoms with Crippen molar-refractivity contribution in [3.8, 4) is 0 Å². The van der Waals surface area contributed by atoms with Crippen LogP contribution in [0.3, 0.4) is 0 Å². The van der Waals surface area contributed by atoms with E-state index < -0.39 is 23.8 Å². The average Bonchev–Trinajstić information content (AvgIpc) is 3.13. The number of nitrogens with zero attached hydrogens (tertiary/aromatic N) is 2. The van der Waals surface area contributed by atoms with Crippen LogP contribution in [0.1, 0.15) is 111 Å². The maximum atomic E-state index is 12.3. The fraction of sp³-hybridized carbons (Fsp3) is 0.808. The summed E-state index contributed by atoms with van der Waals surface area (Å²) in [5.74, 6) is 0.440. The molecule has 1 aromatic rings. The minimum absolute atomic E-state index is 0.103. The summed E-state index contributed by atoms with van der Waals surface area (Å²) in [4.78, 5) is 29.7. The Morgan fingerprint density at radius 1 is 1.12 bits per heavy atom. The first-order chi connectivity index (χ1) is 15.4. The molecule has 0 aliphatic carbocycles. The summed E-state index contributed by atoms with van der Waals surface area (Å²) < 4.78 is 10.3. The van der Waals surface area contributed by atoms with Gasteiger partial charge in [-0.2, -0.15) is 0 Å². The van der Waals surface area contributed by atoms with Crippen LogP contribution in [0, 0.1) is 17.3 Å². The van der Waals surface area contributed by atoms with Gasteiger partial charge in [-0.3, -0.25) is 0 Å². The molecule has 0 radical (unpaired) electrons. The second-order valence-corrected chi connectivity index (χ2v) is 12.5. The molecule has 0 fully saturated rings. The normalized spacial score (nSPS) is 13.7. The van der Waals surface area contributed by atoms with E-state index in [9.17, 15) is 14.7 Å². The number of hydrogen-bond acceptors (Lipinski definition) is 7. The first-order valence-corrected chi connectivity index (χ1v) is 13.0. The highest BCUT2D eigenvalue weighted by atomic mass is 32.1. The number of carbonyl (C=O) groups is 2. The number of thiazole rings is 1. The maximum Gasteiger partial charge on any atom is 0.410 e. The first-order valence-electron chi connectivity index (χ1n) is 12.1. The topological polar surface area (TPSA) is 89.0 Å². The molecule has 198 valence electrons. The summed E-state index contributed by atoms with van der Waals surface area (Å²) in [6, 6.07) is -0.241. The molecule has 7 nitrogen and oxygen atoms in total. The average molecular weight is 501 g/mol. The number of esters is 1. The van der Waals surface area contributed by atoms with Gasteiger partial charge in [0.1, 0.15) is 16.7 Å². The van der Waals surface area contributed by atoms with E-state index in [1.54, 1.807) is 19.4 Å². The fourth-order valence-electron chi connectivity index (χ4n) is 3.64. The smallest absolute Gasteiger partial charge is 0.410 e. The minimum atomic E-state index is -0.888. The van der Waals surface area contributed by atoms with Crippen molar-refractivity contribution in [2.24, 2.45) is 17.3 Å². The van der Waals surface area contributed by atoms with Gasteiger partial charge in [-0.05, 0) is 51.4 Å². The molecular weight excluding hydrogens is 452 g/mol. The van der Waals surface area contributed by atoms with Crippen molar-refractivity contribution in [1.29, 1.82) is 0 Å². The van der Waals surface area contributed by atoms with Crippen molar-refractivity contribution in [1.82, 2.24) is 9.88 Å². The Kier molecular flexibility index (Phi) is 13.3. The van der Waals surface area contributed by atoms with E-state index in [4.69, 9.17) is 9.47 Å². The molecule has 1 amide bonds. The monoisotopic (exact) mass is 500 g/mol. The van der Waals surface area contributed by atoms with Gasteiger partial charge in [0.15, 0.2) is 5.69 Å². The minimum Gasteiger partial charge on any atom is -0.461 e. The van der Waals surface area contributed by atoms with Crippen LogP contribution < -0.4 is 0 Å². The number of aliphatic hydroxyl groups excluding tert-OH is 1. The van der Waals surface area contributed by atoms with Gasteiger partial charge in [-0.1, -0.05) is 48.5 Å². The molecule has 34 heavy (non-hydrogen) atoms. The molecule has 0 bridgehead atoms. The highest BCUT2D eigenvalue weighted by molar-refractivity contribution is 7.09. The van der Waals surface area contributed by atoms with E-state index in [1.165, 1.54) is 22.7 Å². The lowest BCUT2D eigenvalue weighted by Crippen LogP contribution is -2.44. The molecule has 2 unspecified atom stereocenters. The lowest BCUT2D eigenvalue weighted by molar-refractivity contribution is 0.0106. The maximum absolute atomic E-state index is 12.3. The van der Waals surface area contributed by atoms with Crippen LogP contribution in [0.4, 0.5) is 4.79 Å². The predicted molar refractivity (Wildman–Crippen MR) is 139 cm³/mol. The fourth-order valence-corrected chi connectivity index (χ4v) is 4.43. The van der Waals surface area contributed by atoms with Crippen LogP contribution in [-0.2, 0) is 9.47 Å². The molecule has 0 spiro atoms. The van der Waals surface area contributed by atoms with Crippen LogP contribution >= 0.6 is 11.3 Å². The van der Waals surface area contributed by atoms with Crippen molar-refractivity contribution >= 4 is 23.4 Å². The third kappa shape index (κ3) is 13.3. The van der Waals surface area contributed by atoms with Gasteiger partial charge >= 0.3 is 12.1 Å². The number of rotatable bonds is 8. The molecule has 0 aromatic carbocycles. The highest BCUT2D eigenvalue weighted by Crippen LogP contribution is 2.28. The molecule has 1 rings (SSSR count). The summed E-state index contributed by atoms with van der Waals surface area (Å²) in [5.41, 5.74) is 0.122. The summed E-state index contributed by atoms with van der Waals surface area (Å²) in [5, 5.41) is 12.5. The van der Waals surface area contributed by atoms with Gasteiger partial charge in [0, 0.05) is 24.9 Å². The number of aliphatic hydroxyl groups is 1. The van der Waals surface area contributed by atoms with E-state index >= 15 is 0 Å². The summed E-state index contributed by atoms with van der Waals surface area (Å²) >= 11 is 1.20. The molecule has 8 heteroatoms. The summed E-state index contributed by atoms with van der Waals surface area (Å²) in [7, 11) is 1.66. The quantitative estimate of drug-likeness (QED) is 0.399. The third-order valence-electron chi connectivity index (χ3n) is 4.73. The van der Waals surface area contributed by atoms with Crippen LogP contribution in [0.15, 0.2) is 5.38 Å². The summed E-state index contributed by atoms with van der Waals surface area (Å²) in [6.07, 6.45) is 0.297. The van der Waals surface area contributed by atoms with E-state index in [0.29, 0.717) is 16.8 Å². The lowest BCUT2D eigenvalue weighted by atomic mass is 9.86. The molecule has 2 atom stereocenters. The van der Waals surface area contributed by atoms with Crippen LogP contribution in [0.2, 0.25) is 0 Å². The Morgan fingerprint density at radius 2 is 1.68 bits per heavy atom. The van der Waals surface area contributed by atoms with Gasteiger partial charge in [0.25, 0.3) is 0 Å². The molecule has 1 N–H and O–H groups in total. The zero-order valence-electron chi connectivity index (χ0n) is 23.4. The van der Waals surface area contributed by atoms with Gasteiger partial charge in [-0.25, -0.2) is 14.6 Å². The van der Waals surface area contributed by atoms with Crippen molar-refractivity contribution in [2.75, 3.05) is 13.7 Å². The third-order valence-corrected chi connectivity index (χ3v) is 5.67. The van der Waals surface area contributed by atoms with Crippen molar-refractivity contribution in [2.45, 2.75) is 107 Å². The van der Waals surface area contributed by atoms with Crippen LogP contribution in [0.5, 0.6) is 0 Å². The number of aromatic nitrogens is 1. The Hall–Kier alpha value is -1.67. The predicted octanol–water partition coefficient (Wildman–Crippen LogP) is 6.71. The zero-order valence-corrected chi connectivity index (χ0v) is 24.2. The number of carbonyl (C=O) groups excluding carboxylic acids is 2. The number of ether oxygens (including phenoxy) is 2. The molecule has 0 aliphatic rings. The zero-order chi connectivity index (χ0) is 26.9. The SMILES string of the molecule is CC(C)CC(C)(C)C.CCOC(=O)c1csc(C(O)CC(C(C)C)N(C)C(=O)OC(C)(C)C)n1. The Labute approximate surface area is 211 Å². The van der Waals surface area contributed by atoms with E-state index in [-0.39, 0.29) is 24.3 Å². The number of hydrogen-bond donors (Lipinski definition) is 1. The first kappa shape index (κ1) is 32.3. The van der Waals surface area contributed by atoms with Gasteiger partial charge in [0.2, 0.25) is 0 Å². The van der Waals surface area contributed by atoms with Gasteiger partial charge in [0.05, 0.1) is 6.61 Å². The summed E-state index contributed by atoms with van der Waals surface area (Å²) in [6.45, 7) is 22.8. The second kappa shape index (κ2) is 14.0. The number of amides is 1. The van der Waals surface area contributed by atoms with Crippen LogP contribution in [0.25, 0.3) is 0 Å².